The molecule has 0 saturated carbocycles. The summed E-state index contributed by atoms with van der Waals surface area (Å²) < 4.78 is 12.5. The molecule has 3 aromatic rings. The van der Waals surface area contributed by atoms with E-state index in [-0.39, 0.29) is 0 Å². The summed E-state index contributed by atoms with van der Waals surface area (Å²) in [5, 5.41) is 3.47. The Labute approximate surface area is 163 Å². The van der Waals surface area contributed by atoms with Crippen molar-refractivity contribution in [2.24, 2.45) is 0 Å². The Morgan fingerprint density at radius 1 is 0.885 bits per heavy atom. The first-order valence-electron chi connectivity index (χ1n) is 8.49. The minimum atomic E-state index is 0.521. The molecule has 0 aromatic heterocycles. The zero-order valence-electron chi connectivity index (χ0n) is 15.0. The van der Waals surface area contributed by atoms with Crippen molar-refractivity contribution in [3.05, 3.63) is 87.9 Å². The second kappa shape index (κ2) is 8.77. The van der Waals surface area contributed by atoms with E-state index in [1.54, 1.807) is 7.11 Å². The summed E-state index contributed by atoms with van der Waals surface area (Å²) >= 11 is 3.49. The van der Waals surface area contributed by atoms with Gasteiger partial charge in [-0.1, -0.05) is 52.3 Å². The van der Waals surface area contributed by atoms with Gasteiger partial charge in [-0.25, -0.2) is 0 Å². The van der Waals surface area contributed by atoms with Crippen LogP contribution in [-0.4, -0.2) is 7.11 Å². The molecule has 0 spiro atoms. The lowest BCUT2D eigenvalue weighted by Gasteiger charge is -2.14. The number of benzene rings is 3. The molecule has 0 aliphatic rings. The van der Waals surface area contributed by atoms with Gasteiger partial charge in [0.15, 0.2) is 11.5 Å². The standard InChI is InChI=1S/C22H22BrNO2/c1-16-12-19(23)9-10-20(16)24-14-18-8-11-21(22(13-18)25-2)26-15-17-6-4-3-5-7-17/h3-13,24H,14-15H2,1-2H3. The van der Waals surface area contributed by atoms with Crippen LogP contribution < -0.4 is 14.8 Å². The van der Waals surface area contributed by atoms with E-state index >= 15 is 0 Å². The summed E-state index contributed by atoms with van der Waals surface area (Å²) in [7, 11) is 1.67. The molecule has 0 amide bonds. The normalized spacial score (nSPS) is 10.4. The second-order valence-electron chi connectivity index (χ2n) is 6.07. The molecule has 0 unspecified atom stereocenters. The lowest BCUT2D eigenvalue weighted by atomic mass is 10.1. The summed E-state index contributed by atoms with van der Waals surface area (Å²) in [6.45, 7) is 3.33. The summed E-state index contributed by atoms with van der Waals surface area (Å²) in [5.41, 5.74) is 4.59. The fourth-order valence-corrected chi connectivity index (χ4v) is 3.17. The van der Waals surface area contributed by atoms with Gasteiger partial charge in [-0.2, -0.15) is 0 Å². The number of halogens is 1. The summed E-state index contributed by atoms with van der Waals surface area (Å²) in [5.74, 6) is 1.49. The highest BCUT2D eigenvalue weighted by molar-refractivity contribution is 9.10. The third-order valence-electron chi connectivity index (χ3n) is 4.14. The second-order valence-corrected chi connectivity index (χ2v) is 6.99. The molecule has 3 aromatic carbocycles. The average molecular weight is 412 g/mol. The fourth-order valence-electron chi connectivity index (χ4n) is 2.70. The monoisotopic (exact) mass is 411 g/mol. The van der Waals surface area contributed by atoms with Crippen LogP contribution in [0.4, 0.5) is 5.69 Å². The van der Waals surface area contributed by atoms with Crippen LogP contribution in [0.5, 0.6) is 11.5 Å². The molecule has 0 fully saturated rings. The van der Waals surface area contributed by atoms with Gasteiger partial charge in [-0.15, -0.1) is 0 Å². The Balaban J connectivity index is 1.66. The van der Waals surface area contributed by atoms with Crippen LogP contribution in [0.25, 0.3) is 0 Å². The van der Waals surface area contributed by atoms with E-state index in [2.05, 4.69) is 46.4 Å². The number of rotatable bonds is 7. The molecule has 0 bridgehead atoms. The number of nitrogens with one attached hydrogen (secondary N) is 1. The first-order chi connectivity index (χ1) is 12.7. The van der Waals surface area contributed by atoms with Gasteiger partial charge in [0.1, 0.15) is 6.61 Å². The van der Waals surface area contributed by atoms with Crippen LogP contribution in [0.3, 0.4) is 0 Å². The van der Waals surface area contributed by atoms with E-state index in [9.17, 15) is 0 Å². The molecule has 4 heteroatoms. The van der Waals surface area contributed by atoms with Crippen LogP contribution in [0.15, 0.2) is 71.2 Å². The van der Waals surface area contributed by atoms with Crippen molar-refractivity contribution in [1.82, 2.24) is 0 Å². The molecule has 3 nitrogen and oxygen atoms in total. The average Bonchev–Trinajstić information content (AvgIpc) is 2.67. The van der Waals surface area contributed by atoms with Crippen LogP contribution in [0.2, 0.25) is 0 Å². The van der Waals surface area contributed by atoms with Gasteiger partial charge in [0.25, 0.3) is 0 Å². The molecular formula is C22H22BrNO2. The molecule has 0 aliphatic carbocycles. The Kier molecular flexibility index (Phi) is 6.18. The quantitative estimate of drug-likeness (QED) is 0.520. The van der Waals surface area contributed by atoms with Gasteiger partial charge in [-0.3, -0.25) is 0 Å². The van der Waals surface area contributed by atoms with Crippen LogP contribution in [-0.2, 0) is 13.2 Å². The van der Waals surface area contributed by atoms with Crippen molar-refractivity contribution in [2.45, 2.75) is 20.1 Å². The minimum Gasteiger partial charge on any atom is -0.493 e. The minimum absolute atomic E-state index is 0.521. The molecular weight excluding hydrogens is 390 g/mol. The van der Waals surface area contributed by atoms with Crippen molar-refractivity contribution in [2.75, 3.05) is 12.4 Å². The summed E-state index contributed by atoms with van der Waals surface area (Å²) in [6, 6.07) is 22.4. The van der Waals surface area contributed by atoms with Gasteiger partial charge in [0.05, 0.1) is 7.11 Å². The Hall–Kier alpha value is -2.46. The van der Waals surface area contributed by atoms with Crippen LogP contribution in [0.1, 0.15) is 16.7 Å². The smallest absolute Gasteiger partial charge is 0.161 e. The van der Waals surface area contributed by atoms with Crippen molar-refractivity contribution >= 4 is 21.6 Å². The number of aryl methyl sites for hydroxylation is 1. The van der Waals surface area contributed by atoms with E-state index in [1.165, 1.54) is 5.56 Å². The van der Waals surface area contributed by atoms with Crippen molar-refractivity contribution in [1.29, 1.82) is 0 Å². The van der Waals surface area contributed by atoms with Crippen molar-refractivity contribution in [3.8, 4) is 11.5 Å². The molecule has 26 heavy (non-hydrogen) atoms. The SMILES string of the molecule is COc1cc(CNc2ccc(Br)cc2C)ccc1OCc1ccccc1. The molecule has 0 radical (unpaired) electrons. The van der Waals surface area contributed by atoms with E-state index in [0.717, 1.165) is 39.3 Å². The van der Waals surface area contributed by atoms with Crippen LogP contribution >= 0.6 is 15.9 Å². The maximum absolute atomic E-state index is 5.91. The van der Waals surface area contributed by atoms with Gasteiger partial charge >= 0.3 is 0 Å². The Morgan fingerprint density at radius 3 is 2.42 bits per heavy atom. The van der Waals surface area contributed by atoms with Crippen LogP contribution in [0, 0.1) is 6.92 Å². The maximum atomic E-state index is 5.91. The summed E-state index contributed by atoms with van der Waals surface area (Å²) in [4.78, 5) is 0. The summed E-state index contributed by atoms with van der Waals surface area (Å²) in [6.07, 6.45) is 0. The molecule has 0 atom stereocenters. The lowest BCUT2D eigenvalue weighted by molar-refractivity contribution is 0.284. The first kappa shape index (κ1) is 18.3. The van der Waals surface area contributed by atoms with Crippen molar-refractivity contribution < 1.29 is 9.47 Å². The van der Waals surface area contributed by atoms with E-state index in [4.69, 9.17) is 9.47 Å². The third kappa shape index (κ3) is 4.79. The predicted octanol–water partition coefficient (Wildman–Crippen LogP) is 5.96. The Bertz CT molecular complexity index is 865. The topological polar surface area (TPSA) is 30.5 Å². The first-order valence-corrected chi connectivity index (χ1v) is 9.28. The number of ether oxygens (including phenoxy) is 2. The maximum Gasteiger partial charge on any atom is 0.161 e. The highest BCUT2D eigenvalue weighted by Crippen LogP contribution is 2.29. The van der Waals surface area contributed by atoms with Gasteiger partial charge in [0.2, 0.25) is 0 Å². The largest absolute Gasteiger partial charge is 0.493 e. The zero-order chi connectivity index (χ0) is 18.4. The molecule has 3 rings (SSSR count). The third-order valence-corrected chi connectivity index (χ3v) is 4.63. The predicted molar refractivity (Wildman–Crippen MR) is 110 cm³/mol. The number of anilines is 1. The highest BCUT2D eigenvalue weighted by atomic mass is 79.9. The molecule has 1 N–H and O–H groups in total. The fraction of sp³-hybridized carbons (Fsp3) is 0.182. The molecule has 134 valence electrons. The number of hydrogen-bond acceptors (Lipinski definition) is 3. The lowest BCUT2D eigenvalue weighted by Crippen LogP contribution is -2.02. The molecule has 0 saturated heterocycles. The number of methoxy groups -OCH3 is 1. The molecule has 0 aliphatic heterocycles. The highest BCUT2D eigenvalue weighted by Gasteiger charge is 2.07. The Morgan fingerprint density at radius 2 is 1.69 bits per heavy atom. The van der Waals surface area contributed by atoms with Gasteiger partial charge in [0, 0.05) is 16.7 Å². The molecule has 0 heterocycles. The van der Waals surface area contributed by atoms with Crippen molar-refractivity contribution in [3.63, 3.8) is 0 Å². The zero-order valence-corrected chi connectivity index (χ0v) is 16.5. The van der Waals surface area contributed by atoms with E-state index in [1.807, 2.05) is 48.5 Å². The van der Waals surface area contributed by atoms with Gasteiger partial charge < -0.3 is 14.8 Å². The van der Waals surface area contributed by atoms with E-state index in [0.29, 0.717) is 6.61 Å². The van der Waals surface area contributed by atoms with Gasteiger partial charge in [-0.05, 0) is 53.9 Å². The number of hydrogen-bond donors (Lipinski definition) is 1. The van der Waals surface area contributed by atoms with E-state index < -0.39 is 0 Å².